The molecule has 0 radical (unpaired) electrons. The lowest BCUT2D eigenvalue weighted by Crippen LogP contribution is -2.39. The van der Waals surface area contributed by atoms with Gasteiger partial charge >= 0.3 is 0 Å². The molecule has 1 aromatic rings. The Morgan fingerprint density at radius 3 is 2.30 bits per heavy atom. The average molecular weight is 298 g/mol. The van der Waals surface area contributed by atoms with E-state index in [1.807, 2.05) is 0 Å². The summed E-state index contributed by atoms with van der Waals surface area (Å²) in [5, 5.41) is 0. The summed E-state index contributed by atoms with van der Waals surface area (Å²) in [4.78, 5) is 13.7. The van der Waals surface area contributed by atoms with Crippen LogP contribution in [0.1, 0.15) is 29.8 Å². The van der Waals surface area contributed by atoms with Crippen LogP contribution in [0.5, 0.6) is 0 Å². The van der Waals surface area contributed by atoms with Crippen LogP contribution in [0.3, 0.4) is 0 Å². The van der Waals surface area contributed by atoms with Crippen LogP contribution in [0.2, 0.25) is 0 Å². The smallest absolute Gasteiger partial charge is 0.253 e. The fraction of sp³-hybridized carbons (Fsp3) is 0.500. The molecular formula is C14H22N2O3S. The molecule has 0 aliphatic heterocycles. The Kier molecular flexibility index (Phi) is 5.71. The van der Waals surface area contributed by atoms with Crippen molar-refractivity contribution in [2.24, 2.45) is 5.73 Å². The zero-order valence-corrected chi connectivity index (χ0v) is 13.0. The molecule has 0 aliphatic carbocycles. The van der Waals surface area contributed by atoms with E-state index < -0.39 is 9.84 Å². The molecule has 1 unspecified atom stereocenters. The molecule has 0 fully saturated rings. The second kappa shape index (κ2) is 6.85. The fourth-order valence-electron chi connectivity index (χ4n) is 1.78. The first-order chi connectivity index (χ1) is 9.30. The van der Waals surface area contributed by atoms with Gasteiger partial charge in [0, 0.05) is 31.0 Å². The number of benzene rings is 1. The summed E-state index contributed by atoms with van der Waals surface area (Å²) in [7, 11) is -1.48. The van der Waals surface area contributed by atoms with E-state index in [1.165, 1.54) is 4.90 Å². The number of amides is 1. The van der Waals surface area contributed by atoms with Gasteiger partial charge in [0.05, 0.1) is 5.75 Å². The van der Waals surface area contributed by atoms with E-state index in [9.17, 15) is 13.2 Å². The first-order valence-corrected chi connectivity index (χ1v) is 8.39. The zero-order valence-electron chi connectivity index (χ0n) is 12.2. The van der Waals surface area contributed by atoms with Gasteiger partial charge in [-0.3, -0.25) is 4.79 Å². The fourth-order valence-corrected chi connectivity index (χ4v) is 2.98. The molecular weight excluding hydrogens is 276 g/mol. The van der Waals surface area contributed by atoms with Crippen LogP contribution >= 0.6 is 0 Å². The van der Waals surface area contributed by atoms with E-state index in [2.05, 4.69) is 0 Å². The molecule has 0 spiro atoms. The summed E-state index contributed by atoms with van der Waals surface area (Å²) in [6.07, 6.45) is 0. The maximum atomic E-state index is 12.3. The first-order valence-electron chi connectivity index (χ1n) is 6.57. The Bertz CT molecular complexity index is 552. The highest BCUT2D eigenvalue weighted by Gasteiger charge is 2.22. The van der Waals surface area contributed by atoms with E-state index in [1.54, 1.807) is 45.2 Å². The van der Waals surface area contributed by atoms with Gasteiger partial charge in [-0.2, -0.15) is 0 Å². The van der Waals surface area contributed by atoms with Gasteiger partial charge in [-0.1, -0.05) is 19.1 Å². The predicted octanol–water partition coefficient (Wildman–Crippen LogP) is 1.04. The lowest BCUT2D eigenvalue weighted by atomic mass is 10.1. The molecule has 1 atom stereocenters. The maximum absolute atomic E-state index is 12.3. The van der Waals surface area contributed by atoms with Gasteiger partial charge in [-0.05, 0) is 24.6 Å². The highest BCUT2D eigenvalue weighted by Crippen LogP contribution is 2.10. The van der Waals surface area contributed by atoms with E-state index >= 15 is 0 Å². The van der Waals surface area contributed by atoms with Crippen LogP contribution in [0, 0.1) is 0 Å². The van der Waals surface area contributed by atoms with Crippen LogP contribution in [0.15, 0.2) is 24.3 Å². The lowest BCUT2D eigenvalue weighted by Gasteiger charge is -2.24. The van der Waals surface area contributed by atoms with Crippen molar-refractivity contribution < 1.29 is 13.2 Å². The third-order valence-electron chi connectivity index (χ3n) is 3.35. The number of rotatable bonds is 6. The van der Waals surface area contributed by atoms with Crippen molar-refractivity contribution in [2.45, 2.75) is 26.4 Å². The van der Waals surface area contributed by atoms with Gasteiger partial charge < -0.3 is 10.6 Å². The Hall–Kier alpha value is -1.40. The number of hydrogen-bond acceptors (Lipinski definition) is 4. The van der Waals surface area contributed by atoms with Crippen molar-refractivity contribution in [3.05, 3.63) is 35.4 Å². The largest absolute Gasteiger partial charge is 0.338 e. The summed E-state index contributed by atoms with van der Waals surface area (Å²) in [5.74, 6) is -0.121. The minimum atomic E-state index is -3.10. The topological polar surface area (TPSA) is 80.5 Å². The number of sulfone groups is 1. The highest BCUT2D eigenvalue weighted by molar-refractivity contribution is 7.91. The van der Waals surface area contributed by atoms with E-state index in [0.29, 0.717) is 12.1 Å². The van der Waals surface area contributed by atoms with Crippen molar-refractivity contribution in [3.8, 4) is 0 Å². The van der Waals surface area contributed by atoms with Gasteiger partial charge in [0.15, 0.2) is 9.84 Å². The molecule has 0 bridgehead atoms. The van der Waals surface area contributed by atoms with E-state index in [0.717, 1.165) is 5.56 Å². The second-order valence-corrected chi connectivity index (χ2v) is 7.26. The molecule has 0 aromatic heterocycles. The molecule has 0 heterocycles. The Balaban J connectivity index is 2.79. The summed E-state index contributed by atoms with van der Waals surface area (Å²) in [5.41, 5.74) is 6.99. The SMILES string of the molecule is CCS(=O)(=O)CC(C)N(C)C(=O)c1ccc(CN)cc1. The van der Waals surface area contributed by atoms with Gasteiger partial charge in [-0.15, -0.1) is 0 Å². The third-order valence-corrected chi connectivity index (χ3v) is 5.22. The molecule has 0 aliphatic rings. The molecule has 6 heteroatoms. The Labute approximate surface area is 120 Å². The maximum Gasteiger partial charge on any atom is 0.253 e. The zero-order chi connectivity index (χ0) is 15.3. The summed E-state index contributed by atoms with van der Waals surface area (Å²) < 4.78 is 23.2. The monoisotopic (exact) mass is 298 g/mol. The molecule has 1 rings (SSSR count). The Morgan fingerprint density at radius 2 is 1.85 bits per heavy atom. The molecule has 20 heavy (non-hydrogen) atoms. The van der Waals surface area contributed by atoms with Gasteiger partial charge in [0.2, 0.25) is 0 Å². The van der Waals surface area contributed by atoms with Gasteiger partial charge in [-0.25, -0.2) is 8.42 Å². The highest BCUT2D eigenvalue weighted by atomic mass is 32.2. The van der Waals surface area contributed by atoms with Gasteiger partial charge in [0.1, 0.15) is 0 Å². The number of nitrogens with zero attached hydrogens (tertiary/aromatic N) is 1. The first kappa shape index (κ1) is 16.7. The normalized spacial score (nSPS) is 13.0. The van der Waals surface area contributed by atoms with Crippen molar-refractivity contribution in [3.63, 3.8) is 0 Å². The van der Waals surface area contributed by atoms with Crippen LogP contribution in [0.25, 0.3) is 0 Å². The van der Waals surface area contributed by atoms with Crippen molar-refractivity contribution >= 4 is 15.7 Å². The molecule has 1 amide bonds. The summed E-state index contributed by atoms with van der Waals surface area (Å²) in [6, 6.07) is 6.66. The Morgan fingerprint density at radius 1 is 1.30 bits per heavy atom. The molecule has 0 saturated heterocycles. The van der Waals surface area contributed by atoms with Crippen LogP contribution in [-0.4, -0.2) is 43.8 Å². The number of hydrogen-bond donors (Lipinski definition) is 1. The molecule has 0 saturated carbocycles. The minimum absolute atomic E-state index is 0.0212. The average Bonchev–Trinajstić information content (AvgIpc) is 2.45. The summed E-state index contributed by atoms with van der Waals surface area (Å²) in [6.45, 7) is 3.77. The van der Waals surface area contributed by atoms with Crippen molar-refractivity contribution in [1.82, 2.24) is 4.90 Å². The quantitative estimate of drug-likeness (QED) is 0.851. The van der Waals surface area contributed by atoms with Gasteiger partial charge in [0.25, 0.3) is 5.91 Å². The molecule has 5 nitrogen and oxygen atoms in total. The van der Waals surface area contributed by atoms with E-state index in [4.69, 9.17) is 5.73 Å². The standard InChI is InChI=1S/C14H22N2O3S/c1-4-20(18,19)10-11(2)16(3)14(17)13-7-5-12(9-15)6-8-13/h5-8,11H,4,9-10,15H2,1-3H3. The molecule has 2 N–H and O–H groups in total. The predicted molar refractivity (Wildman–Crippen MR) is 80.2 cm³/mol. The van der Waals surface area contributed by atoms with E-state index in [-0.39, 0.29) is 23.5 Å². The number of carbonyl (C=O) groups is 1. The van der Waals surface area contributed by atoms with Crippen LogP contribution in [-0.2, 0) is 16.4 Å². The van der Waals surface area contributed by atoms with Crippen molar-refractivity contribution in [1.29, 1.82) is 0 Å². The number of carbonyl (C=O) groups excluding carboxylic acids is 1. The lowest BCUT2D eigenvalue weighted by molar-refractivity contribution is 0.0757. The van der Waals surface area contributed by atoms with Crippen LogP contribution in [0.4, 0.5) is 0 Å². The van der Waals surface area contributed by atoms with Crippen molar-refractivity contribution in [2.75, 3.05) is 18.6 Å². The summed E-state index contributed by atoms with van der Waals surface area (Å²) >= 11 is 0. The van der Waals surface area contributed by atoms with Crippen LogP contribution < -0.4 is 5.73 Å². The molecule has 1 aromatic carbocycles. The number of nitrogens with two attached hydrogens (primary N) is 1. The second-order valence-electron chi connectivity index (χ2n) is 4.87. The molecule has 112 valence electrons. The third kappa shape index (κ3) is 4.31. The minimum Gasteiger partial charge on any atom is -0.338 e.